The van der Waals surface area contributed by atoms with Crippen molar-refractivity contribution in [1.29, 1.82) is 0 Å². The summed E-state index contributed by atoms with van der Waals surface area (Å²) in [6.07, 6.45) is 15.9. The van der Waals surface area contributed by atoms with Gasteiger partial charge in [-0.05, 0) is 126 Å². The Kier molecular flexibility index (Phi) is 20.3. The van der Waals surface area contributed by atoms with Crippen molar-refractivity contribution in [3.05, 3.63) is 260 Å². The minimum absolute atomic E-state index is 0.147. The predicted octanol–water partition coefficient (Wildman–Crippen LogP) is 12.0. The first-order valence-corrected chi connectivity index (χ1v) is 35.1. The van der Waals surface area contributed by atoms with Gasteiger partial charge in [0.2, 0.25) is 16.5 Å². The molecule has 2 saturated heterocycles. The number of pyridine rings is 3. The van der Waals surface area contributed by atoms with Gasteiger partial charge < -0.3 is 44.3 Å². The number of aromatic hydroxyl groups is 2. The lowest BCUT2D eigenvalue weighted by Crippen LogP contribution is -2.47. The maximum Gasteiger partial charge on any atom is 0.229 e. The normalized spacial score (nSPS) is 12.9. The number of imidazole rings is 3. The molecule has 104 heavy (non-hydrogen) atoms. The number of aromatic nitrogens is 21. The number of H-pyrrole nitrogens is 1. The zero-order valence-corrected chi connectivity index (χ0v) is 58.6. The SMILES string of the molecule is BrCc1ccccn1.Clc1nc(-n2ncc3ccccc32)c2[nH]cnc2n1.Clc1nc(-n2ncc3ccccc32)c2ncn(Cc3ccccn3)c2n1.Oc1ccc(N2CCN(c3nc(-n4ncc5ccccc54)c4ncn(Cc5ccccn5)c4n3)CC2)cc1.Oc1ccc(N2CCNCC2)cc1. The van der Waals surface area contributed by atoms with E-state index in [9.17, 15) is 5.11 Å². The summed E-state index contributed by atoms with van der Waals surface area (Å²) in [4.78, 5) is 63.2. The van der Waals surface area contributed by atoms with Crippen LogP contribution >= 0.6 is 39.1 Å². The molecule has 0 spiro atoms. The van der Waals surface area contributed by atoms with Crippen molar-refractivity contribution in [2.24, 2.45) is 0 Å². The van der Waals surface area contributed by atoms with Gasteiger partial charge >= 0.3 is 0 Å². The van der Waals surface area contributed by atoms with Gasteiger partial charge in [-0.2, -0.15) is 45.2 Å². The molecule has 2 aliphatic heterocycles. The van der Waals surface area contributed by atoms with Crippen molar-refractivity contribution >= 4 is 123 Å². The van der Waals surface area contributed by atoms with Crippen molar-refractivity contribution in [1.82, 2.24) is 109 Å². The van der Waals surface area contributed by atoms with Gasteiger partial charge in [0.1, 0.15) is 17.0 Å². The highest BCUT2D eigenvalue weighted by Crippen LogP contribution is 2.30. The number of piperazine rings is 2. The third kappa shape index (κ3) is 15.1. The van der Waals surface area contributed by atoms with Gasteiger partial charge in [0.05, 0.1) is 84.3 Å². The minimum Gasteiger partial charge on any atom is -0.508 e. The Morgan fingerprint density at radius 1 is 0.413 bits per heavy atom. The predicted molar refractivity (Wildman–Crippen MR) is 406 cm³/mol. The van der Waals surface area contributed by atoms with Gasteiger partial charge in [0.25, 0.3) is 0 Å². The topological polar surface area (TPSA) is 296 Å². The van der Waals surface area contributed by atoms with Gasteiger partial charge in [-0.25, -0.2) is 29.0 Å². The number of hydrogen-bond donors (Lipinski definition) is 4. The number of benzene rings is 5. The highest BCUT2D eigenvalue weighted by molar-refractivity contribution is 9.08. The van der Waals surface area contributed by atoms with Crippen molar-refractivity contribution < 1.29 is 10.2 Å². The average molecular weight is 1490 g/mol. The third-order valence-electron chi connectivity index (χ3n) is 17.2. The first-order valence-electron chi connectivity index (χ1n) is 33.2. The number of anilines is 3. The number of para-hydroxylation sites is 3. The number of fused-ring (bicyclic) bond motifs is 6. The number of phenolic OH excluding ortho intramolecular Hbond substituents is 2. The second-order valence-corrected chi connectivity index (χ2v) is 25.1. The number of alkyl halides is 1. The molecule has 2 aliphatic rings. The summed E-state index contributed by atoms with van der Waals surface area (Å²) in [7, 11) is 0. The summed E-state index contributed by atoms with van der Waals surface area (Å²) in [5.41, 5.74) is 12.0. The monoisotopic (exact) mass is 1480 g/mol. The number of rotatable bonds is 11. The molecule has 17 aromatic rings. The van der Waals surface area contributed by atoms with Crippen LogP contribution in [0.2, 0.25) is 10.6 Å². The second-order valence-electron chi connectivity index (χ2n) is 23.9. The molecule has 0 unspecified atom stereocenters. The molecule has 0 atom stereocenters. The van der Waals surface area contributed by atoms with Gasteiger partial charge in [-0.3, -0.25) is 15.0 Å². The van der Waals surface area contributed by atoms with E-state index in [1.165, 1.54) is 5.69 Å². The minimum atomic E-state index is 0.147. The highest BCUT2D eigenvalue weighted by atomic mass is 79.9. The molecule has 0 saturated carbocycles. The summed E-state index contributed by atoms with van der Waals surface area (Å²) >= 11 is 15.4. The smallest absolute Gasteiger partial charge is 0.229 e. The molecule has 0 bridgehead atoms. The number of phenols is 2. The molecule has 518 valence electrons. The molecule has 12 aromatic heterocycles. The van der Waals surface area contributed by atoms with Gasteiger partial charge in [0, 0.05) is 104 Å². The first kappa shape index (κ1) is 67.5. The van der Waals surface area contributed by atoms with Gasteiger partial charge in [0.15, 0.2) is 45.4 Å². The number of hydrogen-bond acceptors (Lipinski definition) is 21. The summed E-state index contributed by atoms with van der Waals surface area (Å²) in [5.74, 6) is 3.07. The molecule has 30 heteroatoms. The average Bonchev–Trinajstić information content (AvgIpc) is 1.58. The summed E-state index contributed by atoms with van der Waals surface area (Å²) < 4.78 is 9.24. The fourth-order valence-electron chi connectivity index (χ4n) is 12.1. The lowest BCUT2D eigenvalue weighted by Gasteiger charge is -2.36. The summed E-state index contributed by atoms with van der Waals surface area (Å²) in [6.45, 7) is 8.45. The molecule has 14 heterocycles. The summed E-state index contributed by atoms with van der Waals surface area (Å²) in [6, 6.07) is 56.2. The molecular weight excluding hydrogens is 1420 g/mol. The van der Waals surface area contributed by atoms with Crippen LogP contribution in [0.4, 0.5) is 17.3 Å². The molecule has 0 radical (unpaired) electrons. The molecule has 2 fully saturated rings. The van der Waals surface area contributed by atoms with Gasteiger partial charge in [-0.1, -0.05) is 88.7 Å². The fourth-order valence-corrected chi connectivity index (χ4v) is 12.7. The zero-order valence-electron chi connectivity index (χ0n) is 55.5. The Balaban J connectivity index is 0.000000114. The number of nitrogens with zero attached hydrogens (tertiary/aromatic N) is 23. The van der Waals surface area contributed by atoms with E-state index < -0.39 is 0 Å². The van der Waals surface area contributed by atoms with E-state index in [-0.39, 0.29) is 16.3 Å². The number of nitrogens with one attached hydrogen (secondary N) is 2. The van der Waals surface area contributed by atoms with Crippen molar-refractivity contribution in [2.45, 2.75) is 18.4 Å². The molecule has 5 aromatic carbocycles. The molecule has 0 amide bonds. The van der Waals surface area contributed by atoms with Crippen LogP contribution < -0.4 is 20.0 Å². The Hall–Kier alpha value is -12.4. The third-order valence-corrected chi connectivity index (χ3v) is 18.1. The Morgan fingerprint density at radius 3 is 1.34 bits per heavy atom. The Labute approximate surface area is 612 Å². The van der Waals surface area contributed by atoms with E-state index in [1.807, 2.05) is 172 Å². The number of halogens is 3. The molecule has 4 N–H and O–H groups in total. The molecular formula is C74H64BrCl2N25O2. The lowest BCUT2D eigenvalue weighted by molar-refractivity contribution is 0.474. The van der Waals surface area contributed by atoms with E-state index in [1.54, 1.807) is 83.6 Å². The van der Waals surface area contributed by atoms with Crippen LogP contribution in [0.25, 0.3) is 83.7 Å². The lowest BCUT2D eigenvalue weighted by atomic mass is 10.2. The van der Waals surface area contributed by atoms with Crippen molar-refractivity contribution in [3.63, 3.8) is 0 Å². The van der Waals surface area contributed by atoms with Crippen LogP contribution in [0.1, 0.15) is 17.1 Å². The van der Waals surface area contributed by atoms with E-state index >= 15 is 0 Å². The van der Waals surface area contributed by atoms with E-state index in [0.29, 0.717) is 70.1 Å². The van der Waals surface area contributed by atoms with Crippen LogP contribution in [0.15, 0.2) is 232 Å². The Morgan fingerprint density at radius 2 is 0.846 bits per heavy atom. The van der Waals surface area contributed by atoms with Crippen LogP contribution in [-0.2, 0) is 18.4 Å². The molecule has 19 rings (SSSR count). The van der Waals surface area contributed by atoms with Crippen LogP contribution in [0.3, 0.4) is 0 Å². The van der Waals surface area contributed by atoms with E-state index in [4.69, 9.17) is 43.3 Å². The number of aromatic amines is 1. The standard InChI is InChI=1S/C28H25N9O.C18H12ClN7.C12H7ClN6.C10H14N2O.C6H6BrN/c38-23-10-8-22(9-11-23)34-13-15-35(16-14-34)28-32-26-25(30-19-36(26)18-21-6-3-4-12-29-21)27(33-28)37-24-7-2-1-5-20(24)17-31-37;19-18-23-16-15(21-11-25(16)10-13-6-3-4-8-20-13)17(24-18)26-14-7-2-1-5-12(14)9-22-26;13-12-17-10-9(14-6-15-10)11(18-12)19-8-4-2-1-3-7(8)5-16-19;13-10-3-1-9(2-4-10)12-7-5-11-6-8-12;7-5-6-3-1-2-4-8-6/h1-12,17,19,38H,13-16,18H2;1-9,11H,10H2;1-6H,(H,14,15,17,18);1-4,11,13H,5-8H2;1-4H,5H2. The van der Waals surface area contributed by atoms with Crippen LogP contribution in [-0.4, -0.2) is 166 Å². The first-order chi connectivity index (χ1) is 51.1. The van der Waals surface area contributed by atoms with E-state index in [0.717, 1.165) is 119 Å². The largest absolute Gasteiger partial charge is 0.508 e. The summed E-state index contributed by atoms with van der Waals surface area (Å²) in [5, 5.41) is 39.8. The molecule has 27 nitrogen and oxygen atoms in total. The maximum absolute atomic E-state index is 9.64. The second kappa shape index (κ2) is 31.3. The van der Waals surface area contributed by atoms with Crippen molar-refractivity contribution in [2.75, 3.05) is 67.1 Å². The van der Waals surface area contributed by atoms with Crippen LogP contribution in [0.5, 0.6) is 11.5 Å². The maximum atomic E-state index is 9.64. The fraction of sp³-hybridized carbons (Fsp3) is 0.149. The van der Waals surface area contributed by atoms with Crippen LogP contribution in [0, 0.1) is 0 Å². The quantitative estimate of drug-likeness (QED) is 0.0691. The van der Waals surface area contributed by atoms with Gasteiger partial charge in [-0.15, -0.1) is 0 Å². The zero-order chi connectivity index (χ0) is 70.7. The molecule has 0 aliphatic carbocycles. The van der Waals surface area contributed by atoms with E-state index in [2.05, 4.69) is 101 Å². The van der Waals surface area contributed by atoms with Crippen molar-refractivity contribution in [3.8, 4) is 29.0 Å². The highest BCUT2D eigenvalue weighted by Gasteiger charge is 2.25. The Bertz CT molecular complexity index is 5710.